The van der Waals surface area contributed by atoms with Gasteiger partial charge in [-0.25, -0.2) is 4.79 Å². The molecule has 0 aliphatic rings. The third-order valence-corrected chi connectivity index (χ3v) is 10.9. The number of aryl methyl sites for hydroxylation is 1. The zero-order chi connectivity index (χ0) is 37.8. The van der Waals surface area contributed by atoms with Crippen LogP contribution in [0.15, 0.2) is 188 Å². The predicted octanol–water partition coefficient (Wildman–Crippen LogP) is 13.1. The number of hydrogen-bond acceptors (Lipinski definition) is 3. The zero-order valence-corrected chi connectivity index (χ0v) is 31.1. The van der Waals surface area contributed by atoms with Gasteiger partial charge in [0.2, 0.25) is 0 Å². The van der Waals surface area contributed by atoms with E-state index in [1.807, 2.05) is 24.3 Å². The molecule has 2 heterocycles. The normalized spacial score (nSPS) is 11.5. The summed E-state index contributed by atoms with van der Waals surface area (Å²) < 4.78 is 9.59. The van der Waals surface area contributed by atoms with Crippen LogP contribution in [0.2, 0.25) is 0 Å². The van der Waals surface area contributed by atoms with Gasteiger partial charge in [0.05, 0.1) is 34.7 Å². The van der Waals surface area contributed by atoms with Crippen LogP contribution in [0.25, 0.3) is 66.1 Å². The van der Waals surface area contributed by atoms with Crippen LogP contribution in [0.4, 0.5) is 17.1 Å². The number of fused-ring (bicyclic) bond motifs is 6. The molecule has 0 radical (unpaired) electrons. The van der Waals surface area contributed by atoms with E-state index in [1.165, 1.54) is 40.1 Å². The number of rotatable bonds is 7. The van der Waals surface area contributed by atoms with Crippen LogP contribution in [-0.4, -0.2) is 22.2 Å². The van der Waals surface area contributed by atoms with Crippen molar-refractivity contribution in [1.82, 2.24) is 9.13 Å². The molecule has 0 fully saturated rings. The van der Waals surface area contributed by atoms with Crippen molar-refractivity contribution < 1.29 is 9.53 Å². The predicted molar refractivity (Wildman–Crippen MR) is 231 cm³/mol. The van der Waals surface area contributed by atoms with Gasteiger partial charge in [-0.05, 0) is 115 Å². The summed E-state index contributed by atoms with van der Waals surface area (Å²) in [6.07, 6.45) is 0. The Kier molecular flexibility index (Phi) is 8.00. The average Bonchev–Trinajstić information content (AvgIpc) is 3.77. The molecule has 10 aromatic rings. The Morgan fingerprint density at radius 3 is 1.43 bits per heavy atom. The van der Waals surface area contributed by atoms with Crippen molar-refractivity contribution in [2.24, 2.45) is 0 Å². The van der Waals surface area contributed by atoms with E-state index in [0.29, 0.717) is 5.56 Å². The minimum atomic E-state index is -0.349. The monoisotopic (exact) mass is 723 g/mol. The van der Waals surface area contributed by atoms with E-state index in [2.05, 4.69) is 185 Å². The number of methoxy groups -OCH3 is 1. The Labute approximate surface area is 324 Å². The molecule has 0 saturated carbocycles. The van der Waals surface area contributed by atoms with Crippen molar-refractivity contribution in [1.29, 1.82) is 0 Å². The maximum Gasteiger partial charge on any atom is 0.337 e. The summed E-state index contributed by atoms with van der Waals surface area (Å²) in [6, 6.07) is 66.5. The van der Waals surface area contributed by atoms with Gasteiger partial charge in [-0.1, -0.05) is 96.6 Å². The van der Waals surface area contributed by atoms with Crippen LogP contribution in [0.5, 0.6) is 0 Å². The van der Waals surface area contributed by atoms with E-state index in [4.69, 9.17) is 4.74 Å². The van der Waals surface area contributed by atoms with Gasteiger partial charge in [0, 0.05) is 50.0 Å². The van der Waals surface area contributed by atoms with Gasteiger partial charge in [0.15, 0.2) is 0 Å². The van der Waals surface area contributed by atoms with Crippen LogP contribution in [0.1, 0.15) is 15.9 Å². The lowest BCUT2D eigenvalue weighted by molar-refractivity contribution is 0.0600. The molecule has 5 heteroatoms. The van der Waals surface area contributed by atoms with Crippen LogP contribution in [0.3, 0.4) is 0 Å². The van der Waals surface area contributed by atoms with Gasteiger partial charge in [-0.3, -0.25) is 0 Å². The van der Waals surface area contributed by atoms with Crippen molar-refractivity contribution in [3.05, 3.63) is 199 Å². The minimum Gasteiger partial charge on any atom is -0.465 e. The topological polar surface area (TPSA) is 39.4 Å². The Morgan fingerprint density at radius 2 is 0.893 bits per heavy atom. The molecule has 0 amide bonds. The average molecular weight is 724 g/mol. The second-order valence-electron chi connectivity index (χ2n) is 14.2. The van der Waals surface area contributed by atoms with Crippen molar-refractivity contribution in [2.45, 2.75) is 6.92 Å². The molecule has 0 unspecified atom stereocenters. The number of para-hydroxylation sites is 2. The van der Waals surface area contributed by atoms with E-state index in [0.717, 1.165) is 55.8 Å². The summed E-state index contributed by atoms with van der Waals surface area (Å²) >= 11 is 0. The molecule has 0 bridgehead atoms. The molecule has 0 spiro atoms. The molecule has 0 aliphatic heterocycles. The van der Waals surface area contributed by atoms with E-state index in [9.17, 15) is 4.79 Å². The minimum absolute atomic E-state index is 0.349. The Bertz CT molecular complexity index is 3070. The zero-order valence-electron chi connectivity index (χ0n) is 31.1. The third-order valence-electron chi connectivity index (χ3n) is 10.9. The number of nitrogens with zero attached hydrogens (tertiary/aromatic N) is 3. The molecule has 5 nitrogen and oxygen atoms in total. The fourth-order valence-electron chi connectivity index (χ4n) is 8.20. The highest BCUT2D eigenvalue weighted by Crippen LogP contribution is 2.42. The molecular weight excluding hydrogens is 687 g/mol. The van der Waals surface area contributed by atoms with Gasteiger partial charge in [0.1, 0.15) is 0 Å². The van der Waals surface area contributed by atoms with Gasteiger partial charge < -0.3 is 18.8 Å². The maximum absolute atomic E-state index is 12.2. The van der Waals surface area contributed by atoms with Gasteiger partial charge in [-0.15, -0.1) is 0 Å². The van der Waals surface area contributed by atoms with Crippen LogP contribution in [-0.2, 0) is 4.74 Å². The van der Waals surface area contributed by atoms with Crippen molar-refractivity contribution in [2.75, 3.05) is 12.0 Å². The molecule has 8 aromatic carbocycles. The number of aromatic nitrogens is 2. The van der Waals surface area contributed by atoms with E-state index < -0.39 is 0 Å². The number of carbonyl (C=O) groups is 1. The largest absolute Gasteiger partial charge is 0.465 e. The Morgan fingerprint density at radius 1 is 0.446 bits per heavy atom. The first kappa shape index (κ1) is 33.2. The molecule has 2 aromatic heterocycles. The summed E-state index contributed by atoms with van der Waals surface area (Å²) in [4.78, 5) is 14.6. The first-order chi connectivity index (χ1) is 27.6. The quantitative estimate of drug-likeness (QED) is 0.154. The van der Waals surface area contributed by atoms with Gasteiger partial charge in [-0.2, -0.15) is 0 Å². The lowest BCUT2D eigenvalue weighted by Gasteiger charge is -2.26. The number of esters is 1. The van der Waals surface area contributed by atoms with E-state index >= 15 is 0 Å². The molecule has 0 saturated heterocycles. The van der Waals surface area contributed by atoms with Crippen LogP contribution >= 0.6 is 0 Å². The smallest absolute Gasteiger partial charge is 0.337 e. The lowest BCUT2D eigenvalue weighted by atomic mass is 10.0. The van der Waals surface area contributed by atoms with Crippen molar-refractivity contribution in [3.8, 4) is 22.5 Å². The summed E-state index contributed by atoms with van der Waals surface area (Å²) in [7, 11) is 1.41. The molecule has 0 atom stereocenters. The van der Waals surface area contributed by atoms with E-state index in [-0.39, 0.29) is 5.97 Å². The number of hydrogen-bond donors (Lipinski definition) is 0. The fraction of sp³-hybridized carbons (Fsp3) is 0.0392. The SMILES string of the molecule is COC(=O)c1ccc(-n2c3ccccc3c3cc(N(c4ccc(-c5ccccc5)cc4)c4ccc5c(c4)c4ccccc4n5-c4ccc(C)cc4)ccc32)cc1. The maximum atomic E-state index is 12.2. The molecule has 0 N–H and O–H groups in total. The first-order valence-electron chi connectivity index (χ1n) is 18.8. The highest BCUT2D eigenvalue weighted by molar-refractivity contribution is 6.12. The van der Waals surface area contributed by atoms with Crippen LogP contribution < -0.4 is 4.90 Å². The van der Waals surface area contributed by atoms with E-state index in [1.54, 1.807) is 0 Å². The standard InChI is InChI=1S/C51H37N3O2/c1-34-16-22-39(23-17-34)53-47-14-8-6-12-43(47)45-32-41(28-30-49(45)53)52(38-24-18-36(19-25-38)35-10-4-3-5-11-35)42-29-31-50-46(33-42)44-13-7-9-15-48(44)54(50)40-26-20-37(21-27-40)51(55)56-2/h3-33H,1-2H3. The number of benzene rings is 8. The summed E-state index contributed by atoms with van der Waals surface area (Å²) in [6.45, 7) is 2.13. The molecule has 0 aliphatic carbocycles. The van der Waals surface area contributed by atoms with Crippen molar-refractivity contribution in [3.63, 3.8) is 0 Å². The second kappa shape index (κ2) is 13.5. The lowest BCUT2D eigenvalue weighted by Crippen LogP contribution is -2.10. The van der Waals surface area contributed by atoms with Gasteiger partial charge in [0.25, 0.3) is 0 Å². The number of ether oxygens (including phenoxy) is 1. The highest BCUT2D eigenvalue weighted by Gasteiger charge is 2.20. The summed E-state index contributed by atoms with van der Waals surface area (Å²) in [5, 5.41) is 4.69. The first-order valence-corrected chi connectivity index (χ1v) is 18.8. The third kappa shape index (κ3) is 5.52. The summed E-state index contributed by atoms with van der Waals surface area (Å²) in [5.74, 6) is -0.349. The highest BCUT2D eigenvalue weighted by atomic mass is 16.5. The van der Waals surface area contributed by atoms with Gasteiger partial charge >= 0.3 is 5.97 Å². The molecular formula is C51H37N3O2. The Hall–Kier alpha value is -7.37. The number of carbonyl (C=O) groups excluding carboxylic acids is 1. The summed E-state index contributed by atoms with van der Waals surface area (Å²) in [5.41, 5.74) is 13.9. The second-order valence-corrected chi connectivity index (χ2v) is 14.2. The molecule has 56 heavy (non-hydrogen) atoms. The van der Waals surface area contributed by atoms with Crippen molar-refractivity contribution >= 4 is 66.6 Å². The Balaban J connectivity index is 1.17. The molecule has 268 valence electrons. The fourth-order valence-corrected chi connectivity index (χ4v) is 8.20. The number of anilines is 3. The van der Waals surface area contributed by atoms with Crippen LogP contribution in [0, 0.1) is 6.92 Å². The molecule has 10 rings (SSSR count).